The normalized spacial score (nSPS) is 22.7. The van der Waals surface area contributed by atoms with Crippen molar-refractivity contribution in [2.45, 2.75) is 44.1 Å². The van der Waals surface area contributed by atoms with E-state index >= 15 is 0 Å². The largest absolute Gasteiger partial charge is 0.342 e. The van der Waals surface area contributed by atoms with Crippen LogP contribution < -0.4 is 4.72 Å². The molecule has 23 heavy (non-hydrogen) atoms. The van der Waals surface area contributed by atoms with Crippen LogP contribution in [-0.2, 0) is 21.2 Å². The van der Waals surface area contributed by atoms with Crippen LogP contribution in [0.3, 0.4) is 0 Å². The lowest BCUT2D eigenvalue weighted by atomic mass is 9.82. The standard InChI is InChI=1S/C17H24N2O3S/c1-23(21,22)18-14-9-11-19(12-10-14)17(20)16-8-4-6-13-5-2-3-7-15(13)16/h2-3,5,7,14,16,18H,4,6,8-12H2,1H3/t16-/m1/s1. The Morgan fingerprint density at radius 3 is 2.57 bits per heavy atom. The van der Waals surface area contributed by atoms with Crippen molar-refractivity contribution in [2.24, 2.45) is 0 Å². The molecular formula is C17H24N2O3S. The van der Waals surface area contributed by atoms with Crippen LogP contribution in [0.15, 0.2) is 24.3 Å². The third-order valence-electron chi connectivity index (χ3n) is 4.85. The number of carbonyl (C=O) groups is 1. The highest BCUT2D eigenvalue weighted by Gasteiger charge is 2.32. The summed E-state index contributed by atoms with van der Waals surface area (Å²) in [5.74, 6) is 0.175. The molecule has 1 N–H and O–H groups in total. The summed E-state index contributed by atoms with van der Waals surface area (Å²) < 4.78 is 25.3. The SMILES string of the molecule is CS(=O)(=O)NC1CCN(C(=O)[C@@H]2CCCc3ccccc32)CC1. The van der Waals surface area contributed by atoms with Crippen LogP contribution in [0.25, 0.3) is 0 Å². The number of nitrogens with one attached hydrogen (secondary N) is 1. The smallest absolute Gasteiger partial charge is 0.230 e. The molecule has 0 saturated carbocycles. The maximum atomic E-state index is 12.9. The van der Waals surface area contributed by atoms with E-state index in [1.54, 1.807) is 0 Å². The van der Waals surface area contributed by atoms with E-state index in [9.17, 15) is 13.2 Å². The Morgan fingerprint density at radius 1 is 1.17 bits per heavy atom. The molecule has 5 nitrogen and oxygen atoms in total. The highest BCUT2D eigenvalue weighted by atomic mass is 32.2. The molecule has 1 fully saturated rings. The van der Waals surface area contributed by atoms with E-state index in [0.717, 1.165) is 19.3 Å². The van der Waals surface area contributed by atoms with Gasteiger partial charge in [0.2, 0.25) is 15.9 Å². The molecule has 0 aromatic heterocycles. The fourth-order valence-electron chi connectivity index (χ4n) is 3.75. The van der Waals surface area contributed by atoms with Gasteiger partial charge in [-0.05, 0) is 43.2 Å². The fourth-order valence-corrected chi connectivity index (χ4v) is 4.59. The van der Waals surface area contributed by atoms with Crippen LogP contribution in [-0.4, -0.2) is 44.6 Å². The molecule has 6 heteroatoms. The quantitative estimate of drug-likeness (QED) is 0.913. The Balaban J connectivity index is 1.65. The van der Waals surface area contributed by atoms with Crippen molar-refractivity contribution < 1.29 is 13.2 Å². The molecule has 0 spiro atoms. The number of nitrogens with zero attached hydrogens (tertiary/aromatic N) is 1. The van der Waals surface area contributed by atoms with Gasteiger partial charge in [-0.2, -0.15) is 0 Å². The molecule has 0 unspecified atom stereocenters. The molecule has 1 saturated heterocycles. The Kier molecular flexibility index (Phi) is 4.73. The lowest BCUT2D eigenvalue weighted by Gasteiger charge is -2.35. The Labute approximate surface area is 138 Å². The first-order chi connectivity index (χ1) is 10.9. The zero-order valence-electron chi connectivity index (χ0n) is 13.5. The van der Waals surface area contributed by atoms with E-state index in [4.69, 9.17) is 0 Å². The molecule has 0 bridgehead atoms. The van der Waals surface area contributed by atoms with E-state index in [0.29, 0.717) is 25.9 Å². The number of aryl methyl sites for hydroxylation is 1. The number of piperidine rings is 1. The minimum atomic E-state index is -3.18. The molecule has 3 rings (SSSR count). The van der Waals surface area contributed by atoms with Gasteiger partial charge in [-0.1, -0.05) is 24.3 Å². The number of sulfonamides is 1. The topological polar surface area (TPSA) is 66.5 Å². The molecule has 126 valence electrons. The summed E-state index contributed by atoms with van der Waals surface area (Å²) in [7, 11) is -3.18. The number of rotatable bonds is 3. The van der Waals surface area contributed by atoms with Crippen LogP contribution >= 0.6 is 0 Å². The number of likely N-dealkylation sites (tertiary alicyclic amines) is 1. The molecular weight excluding hydrogens is 312 g/mol. The number of hydrogen-bond acceptors (Lipinski definition) is 3. The van der Waals surface area contributed by atoms with Gasteiger partial charge >= 0.3 is 0 Å². The van der Waals surface area contributed by atoms with Crippen LogP contribution in [0.1, 0.15) is 42.7 Å². The molecule has 1 heterocycles. The summed E-state index contributed by atoms with van der Waals surface area (Å²) in [5, 5.41) is 0. The van der Waals surface area contributed by atoms with E-state index in [-0.39, 0.29) is 17.9 Å². The summed E-state index contributed by atoms with van der Waals surface area (Å²) in [6.07, 6.45) is 5.58. The van der Waals surface area contributed by atoms with Gasteiger partial charge in [0.05, 0.1) is 12.2 Å². The lowest BCUT2D eigenvalue weighted by molar-refractivity contribution is -0.134. The van der Waals surface area contributed by atoms with Gasteiger partial charge in [-0.3, -0.25) is 4.79 Å². The molecule has 1 aromatic rings. The van der Waals surface area contributed by atoms with Gasteiger partial charge < -0.3 is 4.90 Å². The van der Waals surface area contributed by atoms with Gasteiger partial charge in [-0.15, -0.1) is 0 Å². The zero-order valence-corrected chi connectivity index (χ0v) is 14.3. The second-order valence-electron chi connectivity index (χ2n) is 6.63. The van der Waals surface area contributed by atoms with Crippen LogP contribution in [0, 0.1) is 0 Å². The van der Waals surface area contributed by atoms with Crippen molar-refractivity contribution >= 4 is 15.9 Å². The Morgan fingerprint density at radius 2 is 1.87 bits per heavy atom. The predicted molar refractivity (Wildman–Crippen MR) is 89.7 cm³/mol. The summed E-state index contributed by atoms with van der Waals surface area (Å²) in [5.41, 5.74) is 2.48. The molecule has 1 atom stereocenters. The van der Waals surface area contributed by atoms with Crippen molar-refractivity contribution in [2.75, 3.05) is 19.3 Å². The number of amides is 1. The third kappa shape index (κ3) is 3.93. The summed E-state index contributed by atoms with van der Waals surface area (Å²) in [4.78, 5) is 14.8. The van der Waals surface area contributed by atoms with Crippen molar-refractivity contribution in [3.05, 3.63) is 35.4 Å². The third-order valence-corrected chi connectivity index (χ3v) is 5.62. The summed E-state index contributed by atoms with van der Waals surface area (Å²) in [6.45, 7) is 1.26. The minimum Gasteiger partial charge on any atom is -0.342 e. The number of hydrogen-bond donors (Lipinski definition) is 1. The maximum absolute atomic E-state index is 12.9. The predicted octanol–water partition coefficient (Wildman–Crippen LogP) is 1.65. The van der Waals surface area contributed by atoms with Gasteiger partial charge in [0, 0.05) is 19.1 Å². The maximum Gasteiger partial charge on any atom is 0.230 e. The van der Waals surface area contributed by atoms with Crippen LogP contribution in [0.4, 0.5) is 0 Å². The molecule has 1 aliphatic carbocycles. The Hall–Kier alpha value is -1.40. The summed E-state index contributed by atoms with van der Waals surface area (Å²) >= 11 is 0. The first kappa shape index (κ1) is 16.5. The van der Waals surface area contributed by atoms with Crippen molar-refractivity contribution in [3.63, 3.8) is 0 Å². The average molecular weight is 336 g/mol. The molecule has 1 aromatic carbocycles. The first-order valence-electron chi connectivity index (χ1n) is 8.28. The lowest BCUT2D eigenvalue weighted by Crippen LogP contribution is -2.47. The minimum absolute atomic E-state index is 0.0284. The monoisotopic (exact) mass is 336 g/mol. The van der Waals surface area contributed by atoms with Gasteiger partial charge in [0.1, 0.15) is 0 Å². The van der Waals surface area contributed by atoms with Crippen molar-refractivity contribution in [3.8, 4) is 0 Å². The number of benzene rings is 1. The molecule has 0 radical (unpaired) electrons. The Bertz CT molecular complexity index is 679. The van der Waals surface area contributed by atoms with Crippen molar-refractivity contribution in [1.29, 1.82) is 0 Å². The second-order valence-corrected chi connectivity index (χ2v) is 8.41. The van der Waals surface area contributed by atoms with Gasteiger partial charge in [-0.25, -0.2) is 13.1 Å². The van der Waals surface area contributed by atoms with Gasteiger partial charge in [0.25, 0.3) is 0 Å². The highest BCUT2D eigenvalue weighted by Crippen LogP contribution is 2.33. The van der Waals surface area contributed by atoms with E-state index < -0.39 is 10.0 Å². The van der Waals surface area contributed by atoms with Crippen molar-refractivity contribution in [1.82, 2.24) is 9.62 Å². The first-order valence-corrected chi connectivity index (χ1v) is 10.2. The van der Waals surface area contributed by atoms with Crippen LogP contribution in [0.2, 0.25) is 0 Å². The van der Waals surface area contributed by atoms with E-state index in [1.165, 1.54) is 17.4 Å². The second kappa shape index (κ2) is 6.61. The fraction of sp³-hybridized carbons (Fsp3) is 0.588. The highest BCUT2D eigenvalue weighted by molar-refractivity contribution is 7.88. The molecule has 1 aliphatic heterocycles. The van der Waals surface area contributed by atoms with E-state index in [1.807, 2.05) is 17.0 Å². The number of fused-ring (bicyclic) bond motifs is 1. The molecule has 2 aliphatic rings. The number of carbonyl (C=O) groups excluding carboxylic acids is 1. The summed E-state index contributed by atoms with van der Waals surface area (Å²) in [6, 6.07) is 8.19. The van der Waals surface area contributed by atoms with Crippen LogP contribution in [0.5, 0.6) is 0 Å². The van der Waals surface area contributed by atoms with E-state index in [2.05, 4.69) is 16.9 Å². The molecule has 1 amide bonds. The zero-order chi connectivity index (χ0) is 16.4. The van der Waals surface area contributed by atoms with Gasteiger partial charge in [0.15, 0.2) is 0 Å². The average Bonchev–Trinajstić information content (AvgIpc) is 2.53.